The average Bonchev–Trinajstić information content (AvgIpc) is 3.57. The number of ether oxygens (including phenoxy) is 3. The summed E-state index contributed by atoms with van der Waals surface area (Å²) in [5.41, 5.74) is 2.67. The number of carboxylic acids is 1. The minimum Gasteiger partial charge on any atom is -0.786 e. The zero-order chi connectivity index (χ0) is 29.7. The number of rotatable bonds is 10. The van der Waals surface area contributed by atoms with Gasteiger partial charge in [0.15, 0.2) is 31.1 Å². The summed E-state index contributed by atoms with van der Waals surface area (Å²) in [6, 6.07) is 4.78. The first-order valence-corrected chi connectivity index (χ1v) is 15.4. The highest BCUT2D eigenvalue weighted by molar-refractivity contribution is 7.71. The maximum Gasteiger partial charge on any atom is 0.215 e. The number of hydrogen-bond acceptors (Lipinski definition) is 14. The van der Waals surface area contributed by atoms with Gasteiger partial charge in [0.25, 0.3) is 0 Å². The van der Waals surface area contributed by atoms with E-state index >= 15 is 0 Å². The number of halogens is 1. The third-order valence-corrected chi connectivity index (χ3v) is 10.4. The highest BCUT2D eigenvalue weighted by Crippen LogP contribution is 2.60. The van der Waals surface area contributed by atoms with Crippen molar-refractivity contribution in [2.75, 3.05) is 12.3 Å². The molecule has 2 aliphatic rings. The van der Waals surface area contributed by atoms with Crippen molar-refractivity contribution in [2.45, 2.75) is 55.9 Å². The predicted octanol–water partition coefficient (Wildman–Crippen LogP) is -0.717. The minimum absolute atomic E-state index is 0.103. The molecule has 2 aromatic heterocycles. The Kier molecular flexibility index (Phi) is 7.78. The average molecular weight is 613 g/mol. The van der Waals surface area contributed by atoms with Gasteiger partial charge in [-0.1, -0.05) is 30.3 Å². The van der Waals surface area contributed by atoms with E-state index in [-0.39, 0.29) is 22.5 Å². The third kappa shape index (κ3) is 5.78. The summed E-state index contributed by atoms with van der Waals surface area (Å²) in [5, 5.41) is 13.1. The van der Waals surface area contributed by atoms with E-state index in [1.807, 2.05) is 0 Å². The Morgan fingerprint density at radius 3 is 2.56 bits per heavy atom. The van der Waals surface area contributed by atoms with Gasteiger partial charge in [-0.2, -0.15) is 0 Å². The molecule has 3 N–H and O–H groups in total. The molecule has 4 heterocycles. The van der Waals surface area contributed by atoms with E-state index in [4.69, 9.17) is 24.5 Å². The fourth-order valence-corrected chi connectivity index (χ4v) is 7.75. The molecule has 2 aliphatic heterocycles. The molecule has 0 aliphatic carbocycles. The predicted molar refractivity (Wildman–Crippen MR) is 131 cm³/mol. The molecule has 0 amide bonds. The van der Waals surface area contributed by atoms with Crippen LogP contribution in [-0.4, -0.2) is 61.8 Å². The van der Waals surface area contributed by atoms with E-state index in [2.05, 4.69) is 15.0 Å². The molecular weight excluding hydrogens is 589 g/mol. The molecule has 3 aromatic rings. The van der Waals surface area contributed by atoms with Crippen molar-refractivity contribution >= 4 is 38.1 Å². The lowest BCUT2D eigenvalue weighted by atomic mass is 10.1. The van der Waals surface area contributed by atoms with Gasteiger partial charge in [-0.25, -0.2) is 19.3 Å². The van der Waals surface area contributed by atoms with Gasteiger partial charge in [0, 0.05) is 0 Å². The van der Waals surface area contributed by atoms with Crippen molar-refractivity contribution in [3.05, 3.63) is 48.5 Å². The summed E-state index contributed by atoms with van der Waals surface area (Å²) in [6.07, 6.45) is -1.33. The van der Waals surface area contributed by atoms with Crippen LogP contribution < -0.4 is 25.7 Å². The number of aliphatic carboxylic acids is 1. The highest BCUT2D eigenvalue weighted by atomic mass is 31.2. The van der Waals surface area contributed by atoms with E-state index < -0.39 is 69.7 Å². The molecule has 5 rings (SSSR count). The number of nitrogens with zero attached hydrogens (tertiary/aromatic N) is 4. The van der Waals surface area contributed by atoms with Crippen molar-refractivity contribution in [3.8, 4) is 0 Å². The van der Waals surface area contributed by atoms with Crippen LogP contribution >= 0.6 is 15.1 Å². The van der Waals surface area contributed by atoms with Crippen LogP contribution in [-0.2, 0) is 32.7 Å². The number of anilines is 1. The first-order valence-electron chi connectivity index (χ1n) is 12.1. The largest absolute Gasteiger partial charge is 0.786 e. The molecule has 2 fully saturated rings. The Labute approximate surface area is 231 Å². The second kappa shape index (κ2) is 10.8. The molecule has 0 spiro atoms. The molecular formula is C22H24FN6O10P2-3. The second-order valence-corrected chi connectivity index (χ2v) is 13.9. The van der Waals surface area contributed by atoms with E-state index in [0.29, 0.717) is 0 Å². The van der Waals surface area contributed by atoms with Crippen LogP contribution in [0.25, 0.3) is 11.2 Å². The maximum absolute atomic E-state index is 15.0. The quantitative estimate of drug-likeness (QED) is 0.268. The van der Waals surface area contributed by atoms with Crippen molar-refractivity contribution in [2.24, 2.45) is 0 Å². The number of carbonyl (C=O) groups is 1. The number of imidazole rings is 1. The number of nitrogens with two attached hydrogens (primary N) is 1. The van der Waals surface area contributed by atoms with Crippen LogP contribution in [0.2, 0.25) is 0 Å². The standard InChI is InChI=1S/C22H27FN6O10P2/c1-22(2)38-15-12(37-19(16(15)39-22)29-10-27-14-17(24)25-9-26-18(14)29)8-36-41(34,35)21(23)40(32,33)28-13(20(30)31)11-6-4-3-5-7-11/h3-7,9-10,12-13,15-16,19,21H,8H2,1-2H3,(H,30,31)(H,34,35)(H2,24,25,26)(H2,28,32,33)/p-3/t12?,13-,15?,16?,19?,21-/m1/s1. The Morgan fingerprint density at radius 1 is 1.20 bits per heavy atom. The number of aromatic nitrogens is 4. The van der Waals surface area contributed by atoms with E-state index in [1.54, 1.807) is 18.9 Å². The number of fused-ring (bicyclic) bond motifs is 2. The van der Waals surface area contributed by atoms with Crippen LogP contribution in [0.4, 0.5) is 10.2 Å². The fraction of sp³-hybridized carbons (Fsp3) is 0.455. The van der Waals surface area contributed by atoms with Gasteiger partial charge in [0.1, 0.15) is 37.7 Å². The van der Waals surface area contributed by atoms with E-state index in [9.17, 15) is 33.2 Å². The molecule has 16 nitrogen and oxygen atoms in total. The lowest BCUT2D eigenvalue weighted by molar-refractivity contribution is -0.309. The number of hydrogen-bond donors (Lipinski definition) is 2. The molecule has 6 unspecified atom stereocenters. The topological polar surface area (TPSA) is 239 Å². The zero-order valence-electron chi connectivity index (χ0n) is 21.4. The number of carboxylic acid groups (broad SMARTS) is 1. The molecule has 0 bridgehead atoms. The molecule has 1 aromatic carbocycles. The highest BCUT2D eigenvalue weighted by Gasteiger charge is 2.56. The number of alkyl halides is 1. The Hall–Kier alpha value is -2.85. The van der Waals surface area contributed by atoms with Crippen molar-refractivity contribution in [3.63, 3.8) is 0 Å². The number of carbonyl (C=O) groups excluding carboxylic acids is 1. The molecule has 41 heavy (non-hydrogen) atoms. The Bertz CT molecular complexity index is 1540. The van der Waals surface area contributed by atoms with Crippen LogP contribution in [0.5, 0.6) is 0 Å². The van der Waals surface area contributed by atoms with Gasteiger partial charge >= 0.3 is 0 Å². The summed E-state index contributed by atoms with van der Waals surface area (Å²) in [6.45, 7) is 2.37. The van der Waals surface area contributed by atoms with Crippen LogP contribution in [0.15, 0.2) is 43.0 Å². The summed E-state index contributed by atoms with van der Waals surface area (Å²) >= 11 is 0. The summed E-state index contributed by atoms with van der Waals surface area (Å²) < 4.78 is 64.2. The van der Waals surface area contributed by atoms with Gasteiger partial charge < -0.3 is 53.3 Å². The first-order chi connectivity index (χ1) is 19.2. The number of nitrogens with one attached hydrogen (secondary N) is 1. The van der Waals surface area contributed by atoms with Gasteiger partial charge in [0.05, 0.1) is 24.9 Å². The number of nitrogen functional groups attached to an aromatic ring is 1. The van der Waals surface area contributed by atoms with Crippen LogP contribution in [0.3, 0.4) is 0 Å². The summed E-state index contributed by atoms with van der Waals surface area (Å²) in [7, 11) is -11.6. The van der Waals surface area contributed by atoms with Gasteiger partial charge in [-0.3, -0.25) is 9.65 Å². The zero-order valence-corrected chi connectivity index (χ0v) is 23.2. The second-order valence-electron chi connectivity index (χ2n) is 9.75. The molecule has 8 atom stereocenters. The Morgan fingerprint density at radius 2 is 1.88 bits per heavy atom. The number of benzene rings is 1. The molecule has 0 saturated carbocycles. The summed E-state index contributed by atoms with van der Waals surface area (Å²) in [5.74, 6) is -2.94. The lowest BCUT2D eigenvalue weighted by Gasteiger charge is -2.38. The SMILES string of the molecule is CC1(C)OC2C(COP(=O)([O-])[C@H](F)P(=O)([O-])N[C@@H](C(=O)[O-])c3ccccc3)OC(n3cnc4c(N)ncnc43)C2O1. The monoisotopic (exact) mass is 613 g/mol. The molecule has 0 radical (unpaired) electrons. The van der Waals surface area contributed by atoms with Crippen LogP contribution in [0, 0.1) is 0 Å². The van der Waals surface area contributed by atoms with E-state index in [0.717, 1.165) is 0 Å². The Balaban J connectivity index is 1.33. The smallest absolute Gasteiger partial charge is 0.215 e. The van der Waals surface area contributed by atoms with Gasteiger partial charge in [-0.15, -0.1) is 0 Å². The molecule has 19 heteroatoms. The van der Waals surface area contributed by atoms with Crippen molar-refractivity contribution < 1.29 is 51.9 Å². The van der Waals surface area contributed by atoms with Crippen LogP contribution in [0.1, 0.15) is 31.7 Å². The van der Waals surface area contributed by atoms with E-state index in [1.165, 1.54) is 47.6 Å². The third-order valence-electron chi connectivity index (χ3n) is 6.42. The normalized spacial score (nSPS) is 28.0. The minimum atomic E-state index is -5.83. The molecule has 222 valence electrons. The summed E-state index contributed by atoms with van der Waals surface area (Å²) in [4.78, 5) is 49.0. The maximum atomic E-state index is 15.0. The van der Waals surface area contributed by atoms with Crippen molar-refractivity contribution in [1.29, 1.82) is 0 Å². The van der Waals surface area contributed by atoms with Gasteiger partial charge in [0.2, 0.25) is 5.65 Å². The van der Waals surface area contributed by atoms with Crippen molar-refractivity contribution in [1.82, 2.24) is 24.6 Å². The molecule has 2 saturated heterocycles. The first kappa shape index (κ1) is 29.6. The lowest BCUT2D eigenvalue weighted by Crippen LogP contribution is -2.41. The fourth-order valence-electron chi connectivity index (χ4n) is 4.65. The van der Waals surface area contributed by atoms with Gasteiger partial charge in [-0.05, 0) is 19.4 Å².